The minimum absolute atomic E-state index is 0.103. The second kappa shape index (κ2) is 10.2. The molecule has 1 fully saturated rings. The van der Waals surface area contributed by atoms with Gasteiger partial charge in [0.1, 0.15) is 6.04 Å². The summed E-state index contributed by atoms with van der Waals surface area (Å²) >= 11 is 0. The molecule has 2 aliphatic heterocycles. The Hall–Kier alpha value is -2.54. The van der Waals surface area contributed by atoms with Gasteiger partial charge in [-0.15, -0.1) is 0 Å². The van der Waals surface area contributed by atoms with E-state index in [1.165, 1.54) is 4.90 Å². The van der Waals surface area contributed by atoms with Crippen molar-refractivity contribution in [3.63, 3.8) is 0 Å². The van der Waals surface area contributed by atoms with Crippen molar-refractivity contribution >= 4 is 33.5 Å². The van der Waals surface area contributed by atoms with E-state index in [1.54, 1.807) is 12.1 Å². The first-order valence-electron chi connectivity index (χ1n) is 9.87. The van der Waals surface area contributed by atoms with Crippen LogP contribution in [0.4, 0.5) is 5.69 Å². The van der Waals surface area contributed by atoms with Crippen LogP contribution in [-0.2, 0) is 35.7 Å². The highest BCUT2D eigenvalue weighted by Crippen LogP contribution is 2.32. The van der Waals surface area contributed by atoms with Crippen molar-refractivity contribution in [3.8, 4) is 0 Å². The van der Waals surface area contributed by atoms with Gasteiger partial charge >= 0.3 is 0 Å². The minimum Gasteiger partial charge on any atom is -0.382 e. The third kappa shape index (κ3) is 6.23. The number of carbonyl (C=O) groups excluding carboxylic acids is 3. The van der Waals surface area contributed by atoms with Crippen molar-refractivity contribution in [2.24, 2.45) is 0 Å². The van der Waals surface area contributed by atoms with Crippen LogP contribution in [0.15, 0.2) is 18.2 Å². The maximum atomic E-state index is 12.8. The fraction of sp³-hybridized carbons (Fsp3) is 0.526. The summed E-state index contributed by atoms with van der Waals surface area (Å²) in [6, 6.07) is 4.67. The summed E-state index contributed by atoms with van der Waals surface area (Å²) in [5.74, 6) is -1.45. The lowest BCUT2D eigenvalue weighted by molar-refractivity contribution is -0.136. The third-order valence-electron chi connectivity index (χ3n) is 5.00. The summed E-state index contributed by atoms with van der Waals surface area (Å²) in [5.41, 5.74) is 2.10. The van der Waals surface area contributed by atoms with Crippen LogP contribution in [0.3, 0.4) is 0 Å². The number of benzene rings is 1. The molecule has 1 saturated heterocycles. The van der Waals surface area contributed by atoms with Gasteiger partial charge in [0.25, 0.3) is 16.0 Å². The molecule has 0 radical (unpaired) electrons. The van der Waals surface area contributed by atoms with Crippen molar-refractivity contribution in [2.75, 3.05) is 44.0 Å². The lowest BCUT2D eigenvalue weighted by Gasteiger charge is -2.29. The van der Waals surface area contributed by atoms with Gasteiger partial charge in [0.15, 0.2) is 0 Å². The number of nitrogens with one attached hydrogen (secondary N) is 2. The summed E-state index contributed by atoms with van der Waals surface area (Å²) in [7, 11) is -4.02. The van der Waals surface area contributed by atoms with Gasteiger partial charge in [-0.2, -0.15) is 8.42 Å². The first-order chi connectivity index (χ1) is 14.8. The average molecular weight is 455 g/mol. The van der Waals surface area contributed by atoms with Gasteiger partial charge in [-0.25, -0.2) is 0 Å². The van der Waals surface area contributed by atoms with Crippen LogP contribution >= 0.6 is 0 Å². The van der Waals surface area contributed by atoms with Crippen LogP contribution in [0.25, 0.3) is 0 Å². The molecule has 1 atom stereocenters. The molecule has 31 heavy (non-hydrogen) atoms. The largest absolute Gasteiger partial charge is 0.382 e. The molecule has 2 aliphatic rings. The van der Waals surface area contributed by atoms with E-state index < -0.39 is 27.8 Å². The molecule has 0 aromatic heterocycles. The van der Waals surface area contributed by atoms with Crippen LogP contribution in [0.1, 0.15) is 28.8 Å². The molecule has 1 aromatic rings. The Bertz CT molecular complexity index is 949. The van der Waals surface area contributed by atoms with Crippen LogP contribution in [-0.4, -0.2) is 80.4 Å². The number of hydrogen-bond donors (Lipinski definition) is 3. The van der Waals surface area contributed by atoms with Gasteiger partial charge in [-0.1, -0.05) is 6.07 Å². The normalized spacial score (nSPS) is 18.8. The van der Waals surface area contributed by atoms with Crippen LogP contribution in [0.5, 0.6) is 0 Å². The van der Waals surface area contributed by atoms with Crippen molar-refractivity contribution in [1.82, 2.24) is 10.2 Å². The summed E-state index contributed by atoms with van der Waals surface area (Å²) in [4.78, 5) is 37.8. The van der Waals surface area contributed by atoms with Crippen LogP contribution < -0.4 is 10.6 Å². The van der Waals surface area contributed by atoms with E-state index >= 15 is 0 Å². The highest BCUT2D eigenvalue weighted by Gasteiger charge is 2.39. The summed E-state index contributed by atoms with van der Waals surface area (Å²) in [6.07, 6.45) is 0.520. The fourth-order valence-corrected chi connectivity index (χ4v) is 3.82. The summed E-state index contributed by atoms with van der Waals surface area (Å²) in [6.45, 7) is 1.47. The molecule has 3 amide bonds. The number of ether oxygens (including phenoxy) is 2. The first-order valence-corrected chi connectivity index (χ1v) is 11.5. The quantitative estimate of drug-likeness (QED) is 0.234. The zero-order chi connectivity index (χ0) is 22.4. The molecule has 2 heterocycles. The predicted octanol–water partition coefficient (Wildman–Crippen LogP) is -0.219. The molecule has 1 aromatic carbocycles. The molecule has 3 N–H and O–H groups in total. The lowest BCUT2D eigenvalue weighted by Crippen LogP contribution is -2.52. The highest BCUT2D eigenvalue weighted by atomic mass is 32.2. The minimum atomic E-state index is -4.02. The topological polar surface area (TPSA) is 151 Å². The Balaban J connectivity index is 1.44. The van der Waals surface area contributed by atoms with Crippen molar-refractivity contribution in [3.05, 3.63) is 29.3 Å². The number of piperidine rings is 1. The highest BCUT2D eigenvalue weighted by molar-refractivity contribution is 7.85. The molecule has 11 nitrogen and oxygen atoms in total. The molecule has 0 bridgehead atoms. The van der Waals surface area contributed by atoms with Gasteiger partial charge in [0, 0.05) is 36.3 Å². The average Bonchev–Trinajstić information content (AvgIpc) is 3.03. The van der Waals surface area contributed by atoms with Gasteiger partial charge in [-0.3, -0.25) is 24.3 Å². The second-order valence-corrected chi connectivity index (χ2v) is 8.74. The van der Waals surface area contributed by atoms with E-state index in [-0.39, 0.29) is 44.6 Å². The standard InChI is InChI=1S/C19H25N3O8S/c23-17-5-4-16(18(24)21-17)22-12-14-13(19(22)25)2-1-3-15(14)20-6-7-29-8-9-30-10-11-31(26,27)28/h1-3,16,20H,4-12H2,(H,21,23,24)(H,26,27,28). The number of hydrogen-bond acceptors (Lipinski definition) is 8. The Labute approximate surface area is 179 Å². The van der Waals surface area contributed by atoms with Gasteiger partial charge in [-0.05, 0) is 18.6 Å². The zero-order valence-corrected chi connectivity index (χ0v) is 17.7. The molecule has 3 rings (SSSR count). The molecular weight excluding hydrogens is 430 g/mol. The third-order valence-corrected chi connectivity index (χ3v) is 5.68. The van der Waals surface area contributed by atoms with E-state index in [1.807, 2.05) is 6.07 Å². The maximum Gasteiger partial charge on any atom is 0.267 e. The predicted molar refractivity (Wildman–Crippen MR) is 109 cm³/mol. The summed E-state index contributed by atoms with van der Waals surface area (Å²) in [5, 5.41) is 5.50. The van der Waals surface area contributed by atoms with Crippen LogP contribution in [0.2, 0.25) is 0 Å². The molecule has 170 valence electrons. The second-order valence-electron chi connectivity index (χ2n) is 7.17. The van der Waals surface area contributed by atoms with Crippen molar-refractivity contribution < 1.29 is 36.8 Å². The van der Waals surface area contributed by atoms with E-state index in [0.29, 0.717) is 25.1 Å². The number of rotatable bonds is 11. The van der Waals surface area contributed by atoms with E-state index in [0.717, 1.165) is 11.3 Å². The number of anilines is 1. The number of fused-ring (bicyclic) bond motifs is 1. The Kier molecular flexibility index (Phi) is 7.59. The van der Waals surface area contributed by atoms with Gasteiger partial charge in [0.2, 0.25) is 11.8 Å². The zero-order valence-electron chi connectivity index (χ0n) is 16.8. The van der Waals surface area contributed by atoms with Crippen LogP contribution in [0, 0.1) is 0 Å². The number of carbonyl (C=O) groups is 3. The molecular formula is C19H25N3O8S. The Morgan fingerprint density at radius 2 is 1.87 bits per heavy atom. The van der Waals surface area contributed by atoms with Crippen molar-refractivity contribution in [1.29, 1.82) is 0 Å². The first kappa shape index (κ1) is 23.1. The number of imide groups is 1. The fourth-order valence-electron chi connectivity index (χ4n) is 3.50. The number of nitrogens with zero attached hydrogens (tertiary/aromatic N) is 1. The molecule has 0 aliphatic carbocycles. The Morgan fingerprint density at radius 1 is 1.13 bits per heavy atom. The SMILES string of the molecule is O=C1CCC(N2Cc3c(NCCOCCOCCS(=O)(=O)O)cccc3C2=O)C(=O)N1. The van der Waals surface area contributed by atoms with Gasteiger partial charge in [0.05, 0.1) is 32.2 Å². The van der Waals surface area contributed by atoms with Crippen molar-refractivity contribution in [2.45, 2.75) is 25.4 Å². The van der Waals surface area contributed by atoms with Gasteiger partial charge < -0.3 is 19.7 Å². The maximum absolute atomic E-state index is 12.8. The van der Waals surface area contributed by atoms with E-state index in [9.17, 15) is 22.8 Å². The summed E-state index contributed by atoms with van der Waals surface area (Å²) < 4.78 is 40.2. The molecule has 0 spiro atoms. The monoisotopic (exact) mass is 455 g/mol. The smallest absolute Gasteiger partial charge is 0.267 e. The molecule has 1 unspecified atom stereocenters. The molecule has 12 heteroatoms. The van der Waals surface area contributed by atoms with E-state index in [2.05, 4.69) is 10.6 Å². The lowest BCUT2D eigenvalue weighted by atomic mass is 10.0. The van der Waals surface area contributed by atoms with E-state index in [4.69, 9.17) is 14.0 Å². The molecule has 0 saturated carbocycles. The number of amides is 3. The Morgan fingerprint density at radius 3 is 2.58 bits per heavy atom.